The highest BCUT2D eigenvalue weighted by Gasteiger charge is 2.57. The van der Waals surface area contributed by atoms with Crippen LogP contribution in [0.5, 0.6) is 0 Å². The minimum Gasteiger partial charge on any atom is -0.263 e. The first-order chi connectivity index (χ1) is 15.1. The van der Waals surface area contributed by atoms with Crippen molar-refractivity contribution in [1.82, 2.24) is 9.78 Å². The van der Waals surface area contributed by atoms with Gasteiger partial charge in [0.05, 0.1) is 17.6 Å². The normalized spacial score (nSPS) is 19.3. The number of hydrogen-bond acceptors (Lipinski definition) is 3. The molecular formula is C22H25F5N2O2S. The summed E-state index contributed by atoms with van der Waals surface area (Å²) in [4.78, 5) is -0.138. The van der Waals surface area contributed by atoms with E-state index < -0.39 is 40.1 Å². The summed E-state index contributed by atoms with van der Waals surface area (Å²) in [5.41, 5.74) is 1.14. The summed E-state index contributed by atoms with van der Waals surface area (Å²) in [5.74, 6) is -4.88. The summed E-state index contributed by atoms with van der Waals surface area (Å²) >= 11 is 0. The first kappa shape index (κ1) is 25.8. The van der Waals surface area contributed by atoms with E-state index in [1.807, 2.05) is 13.8 Å². The van der Waals surface area contributed by atoms with Crippen LogP contribution < -0.4 is 0 Å². The molecule has 1 heterocycles. The van der Waals surface area contributed by atoms with Crippen molar-refractivity contribution in [2.75, 3.05) is 7.18 Å². The van der Waals surface area contributed by atoms with Gasteiger partial charge in [0.15, 0.2) is 11.2 Å². The third-order valence-electron chi connectivity index (χ3n) is 5.08. The van der Waals surface area contributed by atoms with Gasteiger partial charge in [0, 0.05) is 24.3 Å². The quantitative estimate of drug-likeness (QED) is 0.347. The molecule has 0 saturated heterocycles. The highest BCUT2D eigenvalue weighted by atomic mass is 32.2. The third kappa shape index (κ3) is 4.65. The van der Waals surface area contributed by atoms with E-state index in [1.54, 1.807) is 25.1 Å². The number of hydrogen-bond donors (Lipinski definition) is 0. The minimum atomic E-state index is -4.08. The SMILES string of the molecule is CC.CF.Cc1cccc2c(S(=O)(=O)c3ccc(F)cc3)nn(CC3CC(F)(F)C3F)c12. The Bertz CT molecular complexity index is 1160. The molecule has 0 radical (unpaired) electrons. The molecule has 1 aliphatic rings. The van der Waals surface area contributed by atoms with E-state index in [1.165, 1.54) is 4.68 Å². The van der Waals surface area contributed by atoms with Crippen LogP contribution in [0.4, 0.5) is 22.0 Å². The van der Waals surface area contributed by atoms with Crippen LogP contribution in [0.2, 0.25) is 0 Å². The van der Waals surface area contributed by atoms with E-state index in [0.29, 0.717) is 23.6 Å². The Balaban J connectivity index is 0.000000860. The first-order valence-electron chi connectivity index (χ1n) is 9.98. The van der Waals surface area contributed by atoms with Crippen LogP contribution in [-0.2, 0) is 16.4 Å². The predicted molar refractivity (Wildman–Crippen MR) is 113 cm³/mol. The van der Waals surface area contributed by atoms with Crippen molar-refractivity contribution in [3.8, 4) is 0 Å². The summed E-state index contributed by atoms with van der Waals surface area (Å²) in [6.45, 7) is 5.58. The number of para-hydroxylation sites is 1. The van der Waals surface area contributed by atoms with E-state index in [-0.39, 0.29) is 16.5 Å². The lowest BCUT2D eigenvalue weighted by molar-refractivity contribution is -0.185. The van der Waals surface area contributed by atoms with Crippen LogP contribution in [0.15, 0.2) is 52.4 Å². The van der Waals surface area contributed by atoms with Crippen molar-refractivity contribution < 1.29 is 30.4 Å². The second-order valence-electron chi connectivity index (χ2n) is 7.04. The molecule has 0 amide bonds. The van der Waals surface area contributed by atoms with Crippen molar-refractivity contribution in [2.24, 2.45) is 5.92 Å². The van der Waals surface area contributed by atoms with Gasteiger partial charge in [-0.25, -0.2) is 26.0 Å². The van der Waals surface area contributed by atoms with Gasteiger partial charge in [-0.2, -0.15) is 5.10 Å². The topological polar surface area (TPSA) is 52.0 Å². The molecule has 1 aromatic heterocycles. The standard InChI is InChI=1S/C19H16F4N2O2S.C2H6.CH3F/c1-11-3-2-4-15-16(11)25(10-12-9-19(22,23)17(12)21)24-18(15)28(26,27)14-7-5-13(20)6-8-14;2*1-2/h2-8,12,17H,9-10H2,1H3;1-2H3;1H3. The average molecular weight is 477 g/mol. The number of fused-ring (bicyclic) bond motifs is 1. The highest BCUT2D eigenvalue weighted by molar-refractivity contribution is 7.91. The van der Waals surface area contributed by atoms with Gasteiger partial charge in [0.2, 0.25) is 9.84 Å². The fourth-order valence-corrected chi connectivity index (χ4v) is 4.95. The molecule has 1 fully saturated rings. The van der Waals surface area contributed by atoms with Gasteiger partial charge >= 0.3 is 0 Å². The van der Waals surface area contributed by atoms with Crippen LogP contribution >= 0.6 is 0 Å². The van der Waals surface area contributed by atoms with Gasteiger partial charge < -0.3 is 0 Å². The van der Waals surface area contributed by atoms with Crippen molar-refractivity contribution in [1.29, 1.82) is 0 Å². The van der Waals surface area contributed by atoms with E-state index in [9.17, 15) is 30.4 Å². The Kier molecular flexibility index (Phi) is 8.03. The second kappa shape index (κ2) is 9.97. The Hall–Kier alpha value is -2.49. The summed E-state index contributed by atoms with van der Waals surface area (Å²) in [5, 5.41) is 4.19. The minimum absolute atomic E-state index is 0.138. The number of sulfone groups is 1. The molecule has 4 rings (SSSR count). The average Bonchev–Trinajstić information content (AvgIpc) is 3.17. The predicted octanol–water partition coefficient (Wildman–Crippen LogP) is 5.92. The molecule has 2 atom stereocenters. The lowest BCUT2D eigenvalue weighted by Crippen LogP contribution is -2.51. The van der Waals surface area contributed by atoms with Gasteiger partial charge in [-0.05, 0) is 42.8 Å². The molecule has 1 aliphatic carbocycles. The summed E-state index contributed by atoms with van der Waals surface area (Å²) in [7, 11) is -3.58. The van der Waals surface area contributed by atoms with Crippen LogP contribution in [0, 0.1) is 18.7 Å². The second-order valence-corrected chi connectivity index (χ2v) is 8.91. The molecule has 176 valence electrons. The number of aryl methyl sites for hydroxylation is 1. The number of halogens is 5. The number of benzene rings is 2. The Morgan fingerprint density at radius 1 is 1.09 bits per heavy atom. The van der Waals surface area contributed by atoms with E-state index in [2.05, 4.69) is 5.10 Å². The summed E-state index contributed by atoms with van der Waals surface area (Å²) in [6, 6.07) is 9.28. The van der Waals surface area contributed by atoms with Gasteiger partial charge in [-0.1, -0.05) is 26.0 Å². The number of aromatic nitrogens is 2. The van der Waals surface area contributed by atoms with Crippen LogP contribution in [0.1, 0.15) is 25.8 Å². The number of alkyl halides is 4. The van der Waals surface area contributed by atoms with Crippen LogP contribution in [0.3, 0.4) is 0 Å². The van der Waals surface area contributed by atoms with E-state index in [4.69, 9.17) is 0 Å². The zero-order valence-electron chi connectivity index (χ0n) is 18.1. The zero-order chi connectivity index (χ0) is 24.3. The van der Waals surface area contributed by atoms with Gasteiger partial charge in [0.25, 0.3) is 5.92 Å². The summed E-state index contributed by atoms with van der Waals surface area (Å²) in [6.07, 6.45) is -2.89. The molecule has 3 aromatic rings. The van der Waals surface area contributed by atoms with E-state index in [0.717, 1.165) is 24.3 Å². The maximum atomic E-state index is 13.7. The van der Waals surface area contributed by atoms with Crippen molar-refractivity contribution in [3.63, 3.8) is 0 Å². The lowest BCUT2D eigenvalue weighted by atomic mass is 9.79. The molecule has 2 aromatic carbocycles. The molecule has 4 nitrogen and oxygen atoms in total. The lowest BCUT2D eigenvalue weighted by Gasteiger charge is -2.38. The number of rotatable bonds is 4. The van der Waals surface area contributed by atoms with Crippen LogP contribution in [-0.4, -0.2) is 37.5 Å². The van der Waals surface area contributed by atoms with Crippen molar-refractivity contribution in [2.45, 2.75) is 55.8 Å². The smallest absolute Gasteiger partial charge is 0.263 e. The zero-order valence-corrected chi connectivity index (χ0v) is 18.9. The van der Waals surface area contributed by atoms with Gasteiger partial charge in [-0.3, -0.25) is 9.07 Å². The highest BCUT2D eigenvalue weighted by Crippen LogP contribution is 2.46. The fourth-order valence-electron chi connectivity index (χ4n) is 3.57. The Labute approximate surface area is 184 Å². The summed E-state index contributed by atoms with van der Waals surface area (Å²) < 4.78 is 90.1. The van der Waals surface area contributed by atoms with Gasteiger partial charge in [0.1, 0.15) is 5.82 Å². The first-order valence-corrected chi connectivity index (χ1v) is 11.5. The number of nitrogens with zero attached hydrogens (tertiary/aromatic N) is 2. The monoisotopic (exact) mass is 476 g/mol. The molecular weight excluding hydrogens is 451 g/mol. The molecule has 0 N–H and O–H groups in total. The Morgan fingerprint density at radius 3 is 2.22 bits per heavy atom. The van der Waals surface area contributed by atoms with Crippen molar-refractivity contribution >= 4 is 20.7 Å². The fraction of sp³-hybridized carbons (Fsp3) is 0.409. The molecule has 10 heteroatoms. The molecule has 0 aliphatic heterocycles. The van der Waals surface area contributed by atoms with Crippen LogP contribution in [0.25, 0.3) is 10.9 Å². The maximum Gasteiger partial charge on any atom is 0.279 e. The van der Waals surface area contributed by atoms with Gasteiger partial charge in [-0.15, -0.1) is 0 Å². The maximum absolute atomic E-state index is 13.7. The molecule has 0 bridgehead atoms. The molecule has 0 spiro atoms. The Morgan fingerprint density at radius 2 is 1.69 bits per heavy atom. The largest absolute Gasteiger partial charge is 0.279 e. The van der Waals surface area contributed by atoms with E-state index >= 15 is 0 Å². The molecule has 32 heavy (non-hydrogen) atoms. The third-order valence-corrected chi connectivity index (χ3v) is 6.78. The van der Waals surface area contributed by atoms with Crippen molar-refractivity contribution in [3.05, 3.63) is 53.8 Å². The molecule has 1 saturated carbocycles. The molecule has 2 unspecified atom stereocenters.